The van der Waals surface area contributed by atoms with E-state index in [0.29, 0.717) is 26.4 Å². The van der Waals surface area contributed by atoms with Gasteiger partial charge in [0.15, 0.2) is 12.6 Å². The summed E-state index contributed by atoms with van der Waals surface area (Å²) >= 11 is 3.33. The molecule has 0 atom stereocenters. The van der Waals surface area contributed by atoms with Crippen molar-refractivity contribution in [3.63, 3.8) is 0 Å². The Balaban J connectivity index is 0. The van der Waals surface area contributed by atoms with Crippen molar-refractivity contribution in [3.05, 3.63) is 24.3 Å². The third-order valence-corrected chi connectivity index (χ3v) is 3.80. The molecule has 144 valence electrons. The van der Waals surface area contributed by atoms with E-state index in [1.165, 1.54) is 5.57 Å². The van der Waals surface area contributed by atoms with Gasteiger partial charge < -0.3 is 18.9 Å². The Morgan fingerprint density at radius 2 is 1.04 bits per heavy atom. The van der Waals surface area contributed by atoms with Crippen LogP contribution in [0, 0.1) is 0 Å². The fourth-order valence-electron chi connectivity index (χ4n) is 1.75. The zero-order chi connectivity index (χ0) is 18.8. The van der Waals surface area contributed by atoms with Crippen molar-refractivity contribution in [3.8, 4) is 0 Å². The molecule has 5 heteroatoms. The van der Waals surface area contributed by atoms with Gasteiger partial charge in [-0.25, -0.2) is 0 Å². The molecule has 0 N–H and O–H groups in total. The van der Waals surface area contributed by atoms with Crippen LogP contribution in [0.2, 0.25) is 0 Å². The molecule has 0 aliphatic heterocycles. The fraction of sp³-hybridized carbons (Fsp3) is 0.789. The van der Waals surface area contributed by atoms with E-state index < -0.39 is 0 Å². The first kappa shape index (κ1) is 26.0. The van der Waals surface area contributed by atoms with Gasteiger partial charge in [-0.1, -0.05) is 47.2 Å². The maximum atomic E-state index is 5.37. The topological polar surface area (TPSA) is 36.9 Å². The summed E-state index contributed by atoms with van der Waals surface area (Å²) in [6, 6.07) is 0. The Kier molecular flexibility index (Phi) is 20.7. The number of alkyl halides is 1. The molecule has 0 radical (unpaired) electrons. The lowest BCUT2D eigenvalue weighted by Gasteiger charge is -2.17. The lowest BCUT2D eigenvalue weighted by atomic mass is 10.1. The Bertz CT molecular complexity index is 266. The smallest absolute Gasteiger partial charge is 0.161 e. The van der Waals surface area contributed by atoms with E-state index in [-0.39, 0.29) is 12.6 Å². The Hall–Kier alpha value is -0.200. The summed E-state index contributed by atoms with van der Waals surface area (Å²) in [7, 11) is 0. The van der Waals surface area contributed by atoms with Crippen LogP contribution in [0.3, 0.4) is 0 Å². The summed E-state index contributed by atoms with van der Waals surface area (Å²) in [5.41, 5.74) is 2.28. The van der Waals surface area contributed by atoms with Gasteiger partial charge in [0.05, 0.1) is 0 Å². The standard InChI is InChI=1S/C10H20O2.C9H17BrO2/c1-5-9(4)8-10(11-6-2)12-7-3;1-4-11-9(12-5-2)6-8(3)7-10/h10H,4-8H2,1-3H3;9H,3-7H2,1-2H3. The third kappa shape index (κ3) is 16.7. The van der Waals surface area contributed by atoms with Crippen LogP contribution in [-0.2, 0) is 18.9 Å². The molecule has 0 aromatic carbocycles. The number of hydrogen-bond acceptors (Lipinski definition) is 4. The van der Waals surface area contributed by atoms with E-state index in [1.807, 2.05) is 27.7 Å². The van der Waals surface area contributed by atoms with E-state index in [1.54, 1.807) is 0 Å². The minimum Gasteiger partial charge on any atom is -0.353 e. The molecule has 0 aromatic rings. The molecule has 0 aliphatic carbocycles. The predicted octanol–water partition coefficient (Wildman–Crippen LogP) is 5.47. The number of hydrogen-bond donors (Lipinski definition) is 0. The van der Waals surface area contributed by atoms with Crippen molar-refractivity contribution >= 4 is 15.9 Å². The van der Waals surface area contributed by atoms with Crippen LogP contribution in [0.1, 0.15) is 53.9 Å². The van der Waals surface area contributed by atoms with Gasteiger partial charge in [-0.15, -0.1) is 0 Å². The molecule has 0 fully saturated rings. The molecule has 0 saturated heterocycles. The van der Waals surface area contributed by atoms with Gasteiger partial charge >= 0.3 is 0 Å². The molecule has 0 heterocycles. The molecule has 4 nitrogen and oxygen atoms in total. The highest BCUT2D eigenvalue weighted by molar-refractivity contribution is 9.09. The van der Waals surface area contributed by atoms with Crippen LogP contribution in [0.4, 0.5) is 0 Å². The van der Waals surface area contributed by atoms with Crippen LogP contribution in [-0.4, -0.2) is 44.3 Å². The second kappa shape index (κ2) is 19.1. The SMILES string of the molecule is C=C(CBr)CC(OCC)OCC.C=C(CC)CC(OCC)OCC. The van der Waals surface area contributed by atoms with Gasteiger partial charge in [0, 0.05) is 44.6 Å². The Morgan fingerprint density at radius 1 is 0.708 bits per heavy atom. The lowest BCUT2D eigenvalue weighted by molar-refractivity contribution is -0.134. The minimum absolute atomic E-state index is 0.0903. The number of rotatable bonds is 14. The number of ether oxygens (including phenoxy) is 4. The molecule has 0 unspecified atom stereocenters. The molecule has 0 spiro atoms. The van der Waals surface area contributed by atoms with Gasteiger partial charge in [0.1, 0.15) is 0 Å². The molecule has 0 aliphatic rings. The molecule has 0 amide bonds. The zero-order valence-corrected chi connectivity index (χ0v) is 17.8. The first-order valence-corrected chi connectivity index (χ1v) is 9.96. The number of halogens is 1. The van der Waals surface area contributed by atoms with Crippen molar-refractivity contribution in [1.29, 1.82) is 0 Å². The van der Waals surface area contributed by atoms with Crippen molar-refractivity contribution in [2.45, 2.75) is 66.5 Å². The molecule has 0 rings (SSSR count). The van der Waals surface area contributed by atoms with E-state index >= 15 is 0 Å². The molecular weight excluding hydrogens is 372 g/mol. The van der Waals surface area contributed by atoms with Crippen LogP contribution < -0.4 is 0 Å². The summed E-state index contributed by atoms with van der Waals surface area (Å²) in [6.07, 6.45) is 2.37. The highest BCUT2D eigenvalue weighted by Crippen LogP contribution is 2.11. The second-order valence-corrected chi connectivity index (χ2v) is 5.64. The molecule has 0 aromatic heterocycles. The summed E-state index contributed by atoms with van der Waals surface area (Å²) in [4.78, 5) is 0. The van der Waals surface area contributed by atoms with Crippen LogP contribution in [0.5, 0.6) is 0 Å². The second-order valence-electron chi connectivity index (χ2n) is 5.08. The van der Waals surface area contributed by atoms with Crippen molar-refractivity contribution in [2.75, 3.05) is 31.8 Å². The quantitative estimate of drug-likeness (QED) is 0.217. The highest BCUT2D eigenvalue weighted by atomic mass is 79.9. The van der Waals surface area contributed by atoms with Crippen molar-refractivity contribution < 1.29 is 18.9 Å². The van der Waals surface area contributed by atoms with E-state index in [9.17, 15) is 0 Å². The minimum atomic E-state index is -0.120. The van der Waals surface area contributed by atoms with Gasteiger partial charge in [-0.2, -0.15) is 0 Å². The van der Waals surface area contributed by atoms with Gasteiger partial charge in [0.2, 0.25) is 0 Å². The zero-order valence-electron chi connectivity index (χ0n) is 16.2. The third-order valence-electron chi connectivity index (χ3n) is 3.01. The lowest BCUT2D eigenvalue weighted by Crippen LogP contribution is -2.18. The molecule has 24 heavy (non-hydrogen) atoms. The summed E-state index contributed by atoms with van der Waals surface area (Å²) in [5.74, 6) is 0. The molecular formula is C19H37BrO4. The Morgan fingerprint density at radius 3 is 1.29 bits per heavy atom. The van der Waals surface area contributed by atoms with Gasteiger partial charge in [0.25, 0.3) is 0 Å². The van der Waals surface area contributed by atoms with Crippen LogP contribution >= 0.6 is 15.9 Å². The largest absolute Gasteiger partial charge is 0.353 e. The average molecular weight is 409 g/mol. The maximum Gasteiger partial charge on any atom is 0.161 e. The van der Waals surface area contributed by atoms with E-state index in [2.05, 4.69) is 36.0 Å². The first-order valence-electron chi connectivity index (χ1n) is 8.84. The predicted molar refractivity (Wildman–Crippen MR) is 106 cm³/mol. The van der Waals surface area contributed by atoms with Crippen LogP contribution in [0.15, 0.2) is 24.3 Å². The van der Waals surface area contributed by atoms with Gasteiger partial charge in [-0.05, 0) is 34.1 Å². The summed E-state index contributed by atoms with van der Waals surface area (Å²) < 4.78 is 21.4. The van der Waals surface area contributed by atoms with Gasteiger partial charge in [-0.3, -0.25) is 0 Å². The molecule has 0 bridgehead atoms. The van der Waals surface area contributed by atoms with Crippen molar-refractivity contribution in [1.82, 2.24) is 0 Å². The average Bonchev–Trinajstić information content (AvgIpc) is 2.56. The normalized spacial score (nSPS) is 10.7. The maximum absolute atomic E-state index is 5.37. The van der Waals surface area contributed by atoms with E-state index in [0.717, 1.165) is 30.2 Å². The monoisotopic (exact) mass is 408 g/mol. The first-order chi connectivity index (χ1) is 11.5. The highest BCUT2D eigenvalue weighted by Gasteiger charge is 2.09. The fourth-order valence-corrected chi connectivity index (χ4v) is 1.97. The molecule has 0 saturated carbocycles. The summed E-state index contributed by atoms with van der Waals surface area (Å²) in [5, 5.41) is 0.809. The van der Waals surface area contributed by atoms with Crippen LogP contribution in [0.25, 0.3) is 0 Å². The summed E-state index contributed by atoms with van der Waals surface area (Å²) in [6.45, 7) is 20.5. The Labute approximate surface area is 157 Å². The van der Waals surface area contributed by atoms with E-state index in [4.69, 9.17) is 18.9 Å². The van der Waals surface area contributed by atoms with Crippen molar-refractivity contribution in [2.24, 2.45) is 0 Å².